The zero-order valence-corrected chi connectivity index (χ0v) is 10.1. The van der Waals surface area contributed by atoms with Crippen molar-refractivity contribution in [2.75, 3.05) is 13.1 Å². The summed E-state index contributed by atoms with van der Waals surface area (Å²) in [5.74, 6) is 6.37. The standard InChI is InChI=1S/C14H19N/c1-5-15-8-6-7-14-12(3)9-11(2)10-13(14)4/h9-10,15H,5,8H2,1-4H3. The molecular weight excluding hydrogens is 182 g/mol. The fourth-order valence-electron chi connectivity index (χ4n) is 1.70. The maximum absolute atomic E-state index is 3.23. The summed E-state index contributed by atoms with van der Waals surface area (Å²) in [5, 5.41) is 3.20. The molecule has 0 amide bonds. The van der Waals surface area contributed by atoms with E-state index in [4.69, 9.17) is 0 Å². The Balaban J connectivity index is 2.88. The molecule has 1 nitrogen and oxygen atoms in total. The van der Waals surface area contributed by atoms with Gasteiger partial charge in [-0.15, -0.1) is 0 Å². The third-order valence-electron chi connectivity index (χ3n) is 2.35. The monoisotopic (exact) mass is 201 g/mol. The minimum absolute atomic E-state index is 0.767. The Morgan fingerprint density at radius 2 is 1.73 bits per heavy atom. The van der Waals surface area contributed by atoms with E-state index in [1.165, 1.54) is 22.3 Å². The molecule has 15 heavy (non-hydrogen) atoms. The second-order valence-corrected chi connectivity index (χ2v) is 3.86. The van der Waals surface area contributed by atoms with E-state index in [9.17, 15) is 0 Å². The largest absolute Gasteiger partial charge is 0.306 e. The van der Waals surface area contributed by atoms with E-state index in [-0.39, 0.29) is 0 Å². The SMILES string of the molecule is CCNCC#Cc1c(C)cc(C)cc1C. The Labute approximate surface area is 92.9 Å². The predicted molar refractivity (Wildman–Crippen MR) is 66.1 cm³/mol. The summed E-state index contributed by atoms with van der Waals surface area (Å²) >= 11 is 0. The van der Waals surface area contributed by atoms with E-state index in [0.29, 0.717) is 0 Å². The van der Waals surface area contributed by atoms with Crippen molar-refractivity contribution in [1.29, 1.82) is 0 Å². The van der Waals surface area contributed by atoms with Crippen molar-refractivity contribution in [3.05, 3.63) is 34.4 Å². The summed E-state index contributed by atoms with van der Waals surface area (Å²) in [7, 11) is 0. The lowest BCUT2D eigenvalue weighted by Crippen LogP contribution is -2.12. The Kier molecular flexibility index (Phi) is 4.39. The van der Waals surface area contributed by atoms with Crippen molar-refractivity contribution in [2.24, 2.45) is 0 Å². The number of hydrogen-bond acceptors (Lipinski definition) is 1. The lowest BCUT2D eigenvalue weighted by molar-refractivity contribution is 0.811. The number of rotatable bonds is 2. The van der Waals surface area contributed by atoms with Gasteiger partial charge in [0.1, 0.15) is 0 Å². The van der Waals surface area contributed by atoms with Crippen molar-refractivity contribution in [1.82, 2.24) is 5.32 Å². The van der Waals surface area contributed by atoms with Gasteiger partial charge in [0.15, 0.2) is 0 Å². The fraction of sp³-hybridized carbons (Fsp3) is 0.429. The van der Waals surface area contributed by atoms with Crippen molar-refractivity contribution in [3.63, 3.8) is 0 Å². The van der Waals surface area contributed by atoms with E-state index < -0.39 is 0 Å². The second kappa shape index (κ2) is 5.58. The third kappa shape index (κ3) is 3.42. The van der Waals surface area contributed by atoms with Crippen LogP contribution in [0.15, 0.2) is 12.1 Å². The molecule has 1 heteroatoms. The van der Waals surface area contributed by atoms with Crippen LogP contribution in [0.5, 0.6) is 0 Å². The molecule has 0 aliphatic heterocycles. The molecular formula is C14H19N. The number of aryl methyl sites for hydroxylation is 3. The fourth-order valence-corrected chi connectivity index (χ4v) is 1.70. The highest BCUT2D eigenvalue weighted by Gasteiger charge is 1.99. The molecule has 0 aliphatic carbocycles. The van der Waals surface area contributed by atoms with Crippen LogP contribution in [0.3, 0.4) is 0 Å². The van der Waals surface area contributed by atoms with Crippen molar-refractivity contribution in [3.8, 4) is 11.8 Å². The van der Waals surface area contributed by atoms with Crippen LogP contribution in [-0.2, 0) is 0 Å². The molecule has 1 aromatic carbocycles. The van der Waals surface area contributed by atoms with Crippen LogP contribution in [-0.4, -0.2) is 13.1 Å². The van der Waals surface area contributed by atoms with Crippen LogP contribution in [0.4, 0.5) is 0 Å². The average molecular weight is 201 g/mol. The van der Waals surface area contributed by atoms with Crippen molar-refractivity contribution < 1.29 is 0 Å². The highest BCUT2D eigenvalue weighted by atomic mass is 14.8. The minimum Gasteiger partial charge on any atom is -0.306 e. The number of nitrogens with one attached hydrogen (secondary N) is 1. The molecule has 1 N–H and O–H groups in total. The van der Waals surface area contributed by atoms with Crippen LogP contribution in [0, 0.1) is 32.6 Å². The van der Waals surface area contributed by atoms with Gasteiger partial charge in [0.05, 0.1) is 6.54 Å². The lowest BCUT2D eigenvalue weighted by atomic mass is 10.0. The highest BCUT2D eigenvalue weighted by molar-refractivity contribution is 5.48. The van der Waals surface area contributed by atoms with Crippen LogP contribution in [0.1, 0.15) is 29.2 Å². The third-order valence-corrected chi connectivity index (χ3v) is 2.35. The first kappa shape index (κ1) is 11.8. The molecule has 0 saturated heterocycles. The molecule has 0 unspecified atom stereocenters. The van der Waals surface area contributed by atoms with E-state index in [1.54, 1.807) is 0 Å². The topological polar surface area (TPSA) is 12.0 Å². The Morgan fingerprint density at radius 3 is 2.27 bits per heavy atom. The van der Waals surface area contributed by atoms with Gasteiger partial charge in [-0.05, 0) is 38.4 Å². The van der Waals surface area contributed by atoms with Gasteiger partial charge in [0.2, 0.25) is 0 Å². The molecule has 1 aromatic rings. The Hall–Kier alpha value is -1.26. The summed E-state index contributed by atoms with van der Waals surface area (Å²) in [6.45, 7) is 10.2. The van der Waals surface area contributed by atoms with Gasteiger partial charge in [-0.1, -0.05) is 36.5 Å². The number of benzene rings is 1. The molecule has 0 heterocycles. The van der Waals surface area contributed by atoms with E-state index in [0.717, 1.165) is 13.1 Å². The molecule has 0 radical (unpaired) electrons. The van der Waals surface area contributed by atoms with E-state index in [1.807, 2.05) is 0 Å². The zero-order chi connectivity index (χ0) is 11.3. The summed E-state index contributed by atoms with van der Waals surface area (Å²) in [6.07, 6.45) is 0. The van der Waals surface area contributed by atoms with Crippen LogP contribution in [0.25, 0.3) is 0 Å². The van der Waals surface area contributed by atoms with Crippen LogP contribution in [0.2, 0.25) is 0 Å². The summed E-state index contributed by atoms with van der Waals surface area (Å²) in [5.41, 5.74) is 5.04. The van der Waals surface area contributed by atoms with Crippen molar-refractivity contribution >= 4 is 0 Å². The first-order valence-electron chi connectivity index (χ1n) is 5.42. The molecule has 0 bridgehead atoms. The van der Waals surface area contributed by atoms with Crippen LogP contribution >= 0.6 is 0 Å². The minimum atomic E-state index is 0.767. The number of hydrogen-bond donors (Lipinski definition) is 1. The zero-order valence-electron chi connectivity index (χ0n) is 10.1. The molecule has 0 spiro atoms. The van der Waals surface area contributed by atoms with Crippen molar-refractivity contribution in [2.45, 2.75) is 27.7 Å². The van der Waals surface area contributed by atoms with E-state index in [2.05, 4.69) is 57.0 Å². The second-order valence-electron chi connectivity index (χ2n) is 3.86. The quantitative estimate of drug-likeness (QED) is 0.573. The van der Waals surface area contributed by atoms with Crippen LogP contribution < -0.4 is 5.32 Å². The summed E-state index contributed by atoms with van der Waals surface area (Å²) in [6, 6.07) is 4.37. The van der Waals surface area contributed by atoms with Gasteiger partial charge >= 0.3 is 0 Å². The first-order valence-corrected chi connectivity index (χ1v) is 5.42. The van der Waals surface area contributed by atoms with E-state index >= 15 is 0 Å². The maximum Gasteiger partial charge on any atom is 0.0580 e. The molecule has 0 atom stereocenters. The highest BCUT2D eigenvalue weighted by Crippen LogP contribution is 2.14. The summed E-state index contributed by atoms with van der Waals surface area (Å²) in [4.78, 5) is 0. The van der Waals surface area contributed by atoms with Gasteiger partial charge in [-0.3, -0.25) is 0 Å². The first-order chi connectivity index (χ1) is 7.15. The maximum atomic E-state index is 3.23. The van der Waals surface area contributed by atoms with Gasteiger partial charge in [-0.2, -0.15) is 0 Å². The molecule has 1 rings (SSSR count). The molecule has 0 saturated carbocycles. The lowest BCUT2D eigenvalue weighted by Gasteiger charge is -2.04. The summed E-state index contributed by atoms with van der Waals surface area (Å²) < 4.78 is 0. The predicted octanol–water partition coefficient (Wildman–Crippen LogP) is 2.57. The Bertz CT molecular complexity index is 371. The molecule has 0 fully saturated rings. The van der Waals surface area contributed by atoms with Gasteiger partial charge < -0.3 is 5.32 Å². The van der Waals surface area contributed by atoms with Gasteiger partial charge in [0.25, 0.3) is 0 Å². The van der Waals surface area contributed by atoms with Gasteiger partial charge in [0, 0.05) is 5.56 Å². The smallest absolute Gasteiger partial charge is 0.0580 e. The molecule has 0 aliphatic rings. The Morgan fingerprint density at radius 1 is 1.13 bits per heavy atom. The average Bonchev–Trinajstić information content (AvgIpc) is 2.15. The van der Waals surface area contributed by atoms with Gasteiger partial charge in [-0.25, -0.2) is 0 Å². The molecule has 80 valence electrons. The normalized spacial score (nSPS) is 9.60. The molecule has 0 aromatic heterocycles.